The maximum Gasteiger partial charge on any atom is 0.251 e. The molecule has 0 bridgehead atoms. The smallest absolute Gasteiger partial charge is 0.251 e. The van der Waals surface area contributed by atoms with Gasteiger partial charge >= 0.3 is 0 Å². The zero-order valence-electron chi connectivity index (χ0n) is 10.1. The Morgan fingerprint density at radius 1 is 1.33 bits per heavy atom. The number of hydrogen-bond acceptors (Lipinski definition) is 2. The number of rotatable bonds is 2. The molecule has 3 nitrogen and oxygen atoms in total. The van der Waals surface area contributed by atoms with Gasteiger partial charge in [0.2, 0.25) is 0 Å². The van der Waals surface area contributed by atoms with Crippen molar-refractivity contribution in [3.8, 4) is 6.07 Å². The van der Waals surface area contributed by atoms with Crippen LogP contribution in [-0.2, 0) is 0 Å². The van der Waals surface area contributed by atoms with Gasteiger partial charge in [-0.15, -0.1) is 0 Å². The molecule has 1 N–H and O–H groups in total. The Bertz CT molecular complexity index is 487. The summed E-state index contributed by atoms with van der Waals surface area (Å²) in [4.78, 5) is 11.9. The van der Waals surface area contributed by atoms with Crippen molar-refractivity contribution >= 4 is 5.91 Å². The minimum Gasteiger partial charge on any atom is -0.349 e. The molecule has 0 aliphatic heterocycles. The molecule has 18 heavy (non-hydrogen) atoms. The minimum absolute atomic E-state index is 0.0378. The second kappa shape index (κ2) is 5.63. The largest absolute Gasteiger partial charge is 0.349 e. The van der Waals surface area contributed by atoms with Gasteiger partial charge in [0.1, 0.15) is 11.9 Å². The third kappa shape index (κ3) is 2.86. The van der Waals surface area contributed by atoms with Crippen molar-refractivity contribution in [1.29, 1.82) is 5.26 Å². The van der Waals surface area contributed by atoms with Crippen LogP contribution in [0, 0.1) is 17.1 Å². The summed E-state index contributed by atoms with van der Waals surface area (Å²) in [5, 5.41) is 11.5. The normalized spacial score (nSPS) is 16.0. The van der Waals surface area contributed by atoms with Crippen molar-refractivity contribution in [3.63, 3.8) is 0 Å². The molecule has 1 aromatic carbocycles. The summed E-state index contributed by atoms with van der Waals surface area (Å²) in [5.41, 5.74) is 0.237. The van der Waals surface area contributed by atoms with E-state index in [1.165, 1.54) is 18.6 Å². The Balaban J connectivity index is 2.04. The predicted molar refractivity (Wildman–Crippen MR) is 65.5 cm³/mol. The summed E-state index contributed by atoms with van der Waals surface area (Å²) in [7, 11) is 0. The van der Waals surface area contributed by atoms with Gasteiger partial charge in [-0.2, -0.15) is 5.26 Å². The molecule has 0 heterocycles. The SMILES string of the molecule is N#Cc1ccc(C(=O)NC2CCCCC2)cc1F. The lowest BCUT2D eigenvalue weighted by molar-refractivity contribution is 0.0927. The zero-order chi connectivity index (χ0) is 13.0. The molecule has 1 aliphatic rings. The third-order valence-corrected chi connectivity index (χ3v) is 3.29. The van der Waals surface area contributed by atoms with Gasteiger partial charge in [0.05, 0.1) is 5.56 Å². The van der Waals surface area contributed by atoms with E-state index >= 15 is 0 Å². The summed E-state index contributed by atoms with van der Waals surface area (Å²) in [6, 6.07) is 5.88. The van der Waals surface area contributed by atoms with Crippen LogP contribution < -0.4 is 5.32 Å². The average Bonchev–Trinajstić information content (AvgIpc) is 2.39. The van der Waals surface area contributed by atoms with Gasteiger partial charge in [-0.3, -0.25) is 4.79 Å². The number of carbonyl (C=O) groups is 1. The monoisotopic (exact) mass is 246 g/mol. The van der Waals surface area contributed by atoms with E-state index in [4.69, 9.17) is 5.26 Å². The third-order valence-electron chi connectivity index (χ3n) is 3.29. The van der Waals surface area contributed by atoms with Crippen LogP contribution in [0.2, 0.25) is 0 Å². The van der Waals surface area contributed by atoms with Crippen molar-refractivity contribution in [1.82, 2.24) is 5.32 Å². The van der Waals surface area contributed by atoms with E-state index in [-0.39, 0.29) is 23.1 Å². The molecular formula is C14H15FN2O. The van der Waals surface area contributed by atoms with Gasteiger partial charge in [-0.05, 0) is 31.0 Å². The van der Waals surface area contributed by atoms with E-state index in [9.17, 15) is 9.18 Å². The molecule has 0 unspecified atom stereocenters. The Labute approximate surface area is 106 Å². The van der Waals surface area contributed by atoms with Gasteiger partial charge in [0.15, 0.2) is 0 Å². The number of nitriles is 1. The zero-order valence-corrected chi connectivity index (χ0v) is 10.1. The first kappa shape index (κ1) is 12.6. The van der Waals surface area contributed by atoms with Gasteiger partial charge in [-0.25, -0.2) is 4.39 Å². The van der Waals surface area contributed by atoms with E-state index in [0.717, 1.165) is 31.7 Å². The highest BCUT2D eigenvalue weighted by molar-refractivity contribution is 5.94. The van der Waals surface area contributed by atoms with E-state index in [1.54, 1.807) is 6.07 Å². The van der Waals surface area contributed by atoms with Gasteiger partial charge in [0.25, 0.3) is 5.91 Å². The molecule has 0 spiro atoms. The van der Waals surface area contributed by atoms with Crippen LogP contribution in [0.25, 0.3) is 0 Å². The molecule has 0 saturated heterocycles. The van der Waals surface area contributed by atoms with Crippen molar-refractivity contribution < 1.29 is 9.18 Å². The van der Waals surface area contributed by atoms with Crippen LogP contribution >= 0.6 is 0 Å². The fourth-order valence-electron chi connectivity index (χ4n) is 2.26. The van der Waals surface area contributed by atoms with Crippen molar-refractivity contribution in [2.24, 2.45) is 0 Å². The maximum absolute atomic E-state index is 13.4. The molecule has 2 rings (SSSR count). The van der Waals surface area contributed by atoms with Gasteiger partial charge < -0.3 is 5.32 Å². The lowest BCUT2D eigenvalue weighted by Crippen LogP contribution is -2.36. The molecule has 1 aromatic rings. The number of benzene rings is 1. The van der Waals surface area contributed by atoms with Crippen molar-refractivity contribution in [3.05, 3.63) is 35.1 Å². The van der Waals surface area contributed by atoms with E-state index in [0.29, 0.717) is 0 Å². The highest BCUT2D eigenvalue weighted by Gasteiger charge is 2.17. The first-order valence-electron chi connectivity index (χ1n) is 6.21. The van der Waals surface area contributed by atoms with Crippen LogP contribution in [0.15, 0.2) is 18.2 Å². The molecular weight excluding hydrogens is 231 g/mol. The Hall–Kier alpha value is -1.89. The minimum atomic E-state index is -0.645. The summed E-state index contributed by atoms with van der Waals surface area (Å²) in [5.74, 6) is -0.904. The Morgan fingerprint density at radius 3 is 2.67 bits per heavy atom. The molecule has 94 valence electrons. The number of amides is 1. The summed E-state index contributed by atoms with van der Waals surface area (Å²) in [6.45, 7) is 0. The highest BCUT2D eigenvalue weighted by atomic mass is 19.1. The van der Waals surface area contributed by atoms with E-state index in [1.807, 2.05) is 0 Å². The number of nitrogens with zero attached hydrogens (tertiary/aromatic N) is 1. The first-order valence-corrected chi connectivity index (χ1v) is 6.21. The van der Waals surface area contributed by atoms with Crippen LogP contribution in [0.1, 0.15) is 48.0 Å². The van der Waals surface area contributed by atoms with E-state index < -0.39 is 5.82 Å². The molecule has 0 radical (unpaired) electrons. The second-order valence-electron chi connectivity index (χ2n) is 4.61. The quantitative estimate of drug-likeness (QED) is 0.872. The number of halogens is 1. The average molecular weight is 246 g/mol. The lowest BCUT2D eigenvalue weighted by atomic mass is 9.95. The van der Waals surface area contributed by atoms with Crippen LogP contribution in [-0.4, -0.2) is 11.9 Å². The standard InChI is InChI=1S/C14H15FN2O/c15-13-8-10(6-7-11(13)9-16)14(18)17-12-4-2-1-3-5-12/h6-8,12H,1-5H2,(H,17,18). The number of nitrogens with one attached hydrogen (secondary N) is 1. The summed E-state index contributed by atoms with van der Waals surface area (Å²) >= 11 is 0. The first-order chi connectivity index (χ1) is 8.70. The maximum atomic E-state index is 13.4. The molecule has 1 fully saturated rings. The van der Waals surface area contributed by atoms with Crippen LogP contribution in [0.5, 0.6) is 0 Å². The molecule has 4 heteroatoms. The Morgan fingerprint density at radius 2 is 2.06 bits per heavy atom. The topological polar surface area (TPSA) is 52.9 Å². The summed E-state index contributed by atoms with van der Waals surface area (Å²) < 4.78 is 13.4. The predicted octanol–water partition coefficient (Wildman–Crippen LogP) is 2.76. The number of hydrogen-bond donors (Lipinski definition) is 1. The van der Waals surface area contributed by atoms with Gasteiger partial charge in [0, 0.05) is 11.6 Å². The molecule has 1 amide bonds. The number of carbonyl (C=O) groups excluding carboxylic acids is 1. The van der Waals surface area contributed by atoms with Gasteiger partial charge in [-0.1, -0.05) is 19.3 Å². The molecule has 1 saturated carbocycles. The molecule has 0 aromatic heterocycles. The fourth-order valence-corrected chi connectivity index (χ4v) is 2.26. The second-order valence-corrected chi connectivity index (χ2v) is 4.61. The van der Waals surface area contributed by atoms with Crippen LogP contribution in [0.4, 0.5) is 4.39 Å². The lowest BCUT2D eigenvalue weighted by Gasteiger charge is -2.22. The summed E-state index contributed by atoms with van der Waals surface area (Å²) in [6.07, 6.45) is 5.46. The van der Waals surface area contributed by atoms with E-state index in [2.05, 4.69) is 5.32 Å². The fraction of sp³-hybridized carbons (Fsp3) is 0.429. The molecule has 0 atom stereocenters. The van der Waals surface area contributed by atoms with Crippen molar-refractivity contribution in [2.45, 2.75) is 38.1 Å². The van der Waals surface area contributed by atoms with Crippen molar-refractivity contribution in [2.75, 3.05) is 0 Å². The molecule has 1 aliphatic carbocycles. The highest BCUT2D eigenvalue weighted by Crippen LogP contribution is 2.18. The Kier molecular flexibility index (Phi) is 3.93. The van der Waals surface area contributed by atoms with Crippen LogP contribution in [0.3, 0.4) is 0 Å².